The van der Waals surface area contributed by atoms with Crippen molar-refractivity contribution in [2.45, 2.75) is 50.7 Å². The molecule has 1 fully saturated rings. The first-order chi connectivity index (χ1) is 9.86. The summed E-state index contributed by atoms with van der Waals surface area (Å²) in [5.41, 5.74) is 1.07. The van der Waals surface area contributed by atoms with Crippen molar-refractivity contribution in [3.8, 4) is 0 Å². The normalized spacial score (nSPS) is 26.9. The Bertz CT molecular complexity index is 473. The molecule has 1 aliphatic heterocycles. The zero-order chi connectivity index (χ0) is 13.8. The van der Waals surface area contributed by atoms with Crippen LogP contribution in [0.1, 0.15) is 44.1 Å². The summed E-state index contributed by atoms with van der Waals surface area (Å²) >= 11 is 0. The first-order valence-corrected chi connectivity index (χ1v) is 7.79. The predicted molar refractivity (Wildman–Crippen MR) is 83.0 cm³/mol. The second kappa shape index (κ2) is 6.25. The van der Waals surface area contributed by atoms with Crippen molar-refractivity contribution in [1.82, 2.24) is 0 Å². The molecule has 1 aromatic rings. The third kappa shape index (κ3) is 2.95. The van der Waals surface area contributed by atoms with Crippen LogP contribution in [0.4, 0.5) is 0 Å². The zero-order valence-corrected chi connectivity index (χ0v) is 12.0. The minimum atomic E-state index is 0.0483. The number of ether oxygens (including phenoxy) is 1. The summed E-state index contributed by atoms with van der Waals surface area (Å²) < 4.78 is 5.98. The van der Waals surface area contributed by atoms with E-state index in [2.05, 4.69) is 18.7 Å². The third-order valence-corrected chi connectivity index (χ3v) is 4.46. The summed E-state index contributed by atoms with van der Waals surface area (Å²) in [4.78, 5) is 4.83. The largest absolute Gasteiger partial charge is 0.468 e. The molecular weight excluding hydrogens is 246 g/mol. The van der Waals surface area contributed by atoms with Crippen molar-refractivity contribution in [1.29, 1.82) is 0 Å². The summed E-state index contributed by atoms with van der Waals surface area (Å²) in [6, 6.07) is 10.4. The molecule has 1 aliphatic carbocycles. The maximum Gasteiger partial charge on any atom is 0.217 e. The topological polar surface area (TPSA) is 21.6 Å². The molecule has 3 rings (SSSR count). The number of rotatable bonds is 4. The molecule has 0 saturated heterocycles. The average molecular weight is 269 g/mol. The van der Waals surface area contributed by atoms with E-state index in [9.17, 15) is 0 Å². The highest BCUT2D eigenvalue weighted by Gasteiger charge is 2.31. The Hall–Kier alpha value is -1.57. The molecule has 1 aromatic carbocycles. The molecule has 2 aliphatic rings. The quantitative estimate of drug-likeness (QED) is 0.744. The Morgan fingerprint density at radius 2 is 1.90 bits per heavy atom. The van der Waals surface area contributed by atoms with Gasteiger partial charge in [0.25, 0.3) is 0 Å². The van der Waals surface area contributed by atoms with Gasteiger partial charge in [0.2, 0.25) is 5.90 Å². The van der Waals surface area contributed by atoms with Crippen LogP contribution < -0.4 is 0 Å². The standard InChI is InChI=1S/C18H23NO/c1-2-17-16(13-14-9-5-3-6-10-14)19-18(20-17)15-11-7-4-8-12-15/h2,4,7-8,11-12,14,16-17H,1,3,5-6,9-10,13H2/t16-,17?/m0/s1. The van der Waals surface area contributed by atoms with Gasteiger partial charge in [-0.05, 0) is 30.5 Å². The highest BCUT2D eigenvalue weighted by Crippen LogP contribution is 2.31. The van der Waals surface area contributed by atoms with Crippen LogP contribution in [-0.4, -0.2) is 18.0 Å². The van der Waals surface area contributed by atoms with Gasteiger partial charge in [-0.25, -0.2) is 4.99 Å². The summed E-state index contributed by atoms with van der Waals surface area (Å²) in [7, 11) is 0. The molecule has 0 radical (unpaired) electrons. The predicted octanol–water partition coefficient (Wildman–Crippen LogP) is 4.36. The highest BCUT2D eigenvalue weighted by molar-refractivity contribution is 5.95. The smallest absolute Gasteiger partial charge is 0.217 e. The average Bonchev–Trinajstić information content (AvgIpc) is 2.92. The van der Waals surface area contributed by atoms with Crippen LogP contribution in [0.15, 0.2) is 48.0 Å². The van der Waals surface area contributed by atoms with E-state index in [1.165, 1.54) is 32.1 Å². The van der Waals surface area contributed by atoms with E-state index >= 15 is 0 Å². The lowest BCUT2D eigenvalue weighted by Crippen LogP contribution is -2.23. The van der Waals surface area contributed by atoms with Crippen LogP contribution >= 0.6 is 0 Å². The Morgan fingerprint density at radius 3 is 2.60 bits per heavy atom. The molecule has 0 amide bonds. The van der Waals surface area contributed by atoms with Gasteiger partial charge >= 0.3 is 0 Å². The van der Waals surface area contributed by atoms with Crippen molar-refractivity contribution in [3.05, 3.63) is 48.6 Å². The van der Waals surface area contributed by atoms with Gasteiger partial charge in [-0.15, -0.1) is 0 Å². The minimum Gasteiger partial charge on any atom is -0.468 e. The van der Waals surface area contributed by atoms with Gasteiger partial charge in [0.05, 0.1) is 6.04 Å². The number of hydrogen-bond acceptors (Lipinski definition) is 2. The van der Waals surface area contributed by atoms with E-state index < -0.39 is 0 Å². The van der Waals surface area contributed by atoms with Crippen molar-refractivity contribution in [3.63, 3.8) is 0 Å². The van der Waals surface area contributed by atoms with Crippen LogP contribution in [0.3, 0.4) is 0 Å². The van der Waals surface area contributed by atoms with E-state index in [1.54, 1.807) is 0 Å². The fraction of sp³-hybridized carbons (Fsp3) is 0.500. The first kappa shape index (κ1) is 13.4. The molecule has 2 nitrogen and oxygen atoms in total. The molecule has 0 spiro atoms. The number of nitrogens with zero attached hydrogens (tertiary/aromatic N) is 1. The van der Waals surface area contributed by atoms with E-state index in [4.69, 9.17) is 9.73 Å². The van der Waals surface area contributed by atoms with Gasteiger partial charge < -0.3 is 4.74 Å². The van der Waals surface area contributed by atoms with Crippen molar-refractivity contribution in [2.75, 3.05) is 0 Å². The first-order valence-electron chi connectivity index (χ1n) is 7.79. The molecule has 0 bridgehead atoms. The van der Waals surface area contributed by atoms with E-state index in [-0.39, 0.29) is 12.1 Å². The van der Waals surface area contributed by atoms with Gasteiger partial charge in [-0.3, -0.25) is 0 Å². The lowest BCUT2D eigenvalue weighted by atomic mass is 9.84. The van der Waals surface area contributed by atoms with E-state index in [1.807, 2.05) is 24.3 Å². The second-order valence-electron chi connectivity index (χ2n) is 5.93. The molecule has 1 unspecified atom stereocenters. The molecule has 0 aromatic heterocycles. The third-order valence-electron chi connectivity index (χ3n) is 4.46. The lowest BCUT2D eigenvalue weighted by molar-refractivity contribution is 0.213. The van der Waals surface area contributed by atoms with E-state index in [0.29, 0.717) is 0 Å². The summed E-state index contributed by atoms with van der Waals surface area (Å²) in [6.07, 6.45) is 9.99. The molecule has 1 heterocycles. The van der Waals surface area contributed by atoms with Gasteiger partial charge in [0.1, 0.15) is 6.10 Å². The summed E-state index contributed by atoms with van der Waals surface area (Å²) in [5.74, 6) is 1.61. The molecule has 20 heavy (non-hydrogen) atoms. The summed E-state index contributed by atoms with van der Waals surface area (Å²) in [6.45, 7) is 3.92. The Labute approximate surface area is 121 Å². The molecule has 1 saturated carbocycles. The molecule has 2 atom stereocenters. The van der Waals surface area contributed by atoms with Gasteiger partial charge in [0, 0.05) is 5.56 Å². The fourth-order valence-corrected chi connectivity index (χ4v) is 3.34. The van der Waals surface area contributed by atoms with Crippen LogP contribution in [-0.2, 0) is 4.74 Å². The fourth-order valence-electron chi connectivity index (χ4n) is 3.34. The lowest BCUT2D eigenvalue weighted by Gasteiger charge is -2.24. The SMILES string of the molecule is C=CC1OC(c2ccccc2)=N[C@H]1CC1CCCCC1. The zero-order valence-electron chi connectivity index (χ0n) is 12.0. The highest BCUT2D eigenvalue weighted by atomic mass is 16.5. The number of aliphatic imine (C=N–C) groups is 1. The van der Waals surface area contributed by atoms with Gasteiger partial charge in [0.15, 0.2) is 0 Å². The maximum atomic E-state index is 5.98. The maximum absolute atomic E-state index is 5.98. The van der Waals surface area contributed by atoms with Crippen LogP contribution in [0.2, 0.25) is 0 Å². The molecule has 106 valence electrons. The second-order valence-corrected chi connectivity index (χ2v) is 5.93. The molecule has 0 N–H and O–H groups in total. The Kier molecular flexibility index (Phi) is 4.19. The van der Waals surface area contributed by atoms with E-state index in [0.717, 1.165) is 23.8 Å². The Balaban J connectivity index is 1.71. The molecular formula is C18H23NO. The molecule has 2 heteroatoms. The Morgan fingerprint density at radius 1 is 1.15 bits per heavy atom. The monoisotopic (exact) mass is 269 g/mol. The number of benzene rings is 1. The van der Waals surface area contributed by atoms with Crippen LogP contribution in [0, 0.1) is 5.92 Å². The number of hydrogen-bond donors (Lipinski definition) is 0. The summed E-state index contributed by atoms with van der Waals surface area (Å²) in [5, 5.41) is 0. The minimum absolute atomic E-state index is 0.0483. The van der Waals surface area contributed by atoms with Crippen molar-refractivity contribution in [2.24, 2.45) is 10.9 Å². The van der Waals surface area contributed by atoms with Gasteiger partial charge in [-0.2, -0.15) is 0 Å². The van der Waals surface area contributed by atoms with Crippen LogP contribution in [0.25, 0.3) is 0 Å². The van der Waals surface area contributed by atoms with Crippen molar-refractivity contribution >= 4 is 5.90 Å². The van der Waals surface area contributed by atoms with Gasteiger partial charge in [-0.1, -0.05) is 56.9 Å². The van der Waals surface area contributed by atoms with Crippen LogP contribution in [0.5, 0.6) is 0 Å². The van der Waals surface area contributed by atoms with Crippen molar-refractivity contribution < 1.29 is 4.74 Å².